The summed E-state index contributed by atoms with van der Waals surface area (Å²) in [5.74, 6) is -1.51. The van der Waals surface area contributed by atoms with Gasteiger partial charge in [-0.25, -0.2) is 18.2 Å². The molecule has 0 aliphatic heterocycles. The smallest absolute Gasteiger partial charge is 0.338 e. The molecule has 0 radical (unpaired) electrons. The molecule has 1 amide bonds. The number of nitrogens with one attached hydrogen (secondary N) is 1. The largest absolute Gasteiger partial charge is 0.452 e. The highest BCUT2D eigenvalue weighted by atomic mass is 32.2. The molecule has 0 saturated heterocycles. The molecule has 0 fully saturated rings. The van der Waals surface area contributed by atoms with Crippen molar-refractivity contribution in [1.82, 2.24) is 4.98 Å². The van der Waals surface area contributed by atoms with Gasteiger partial charge in [0.15, 0.2) is 11.7 Å². The van der Waals surface area contributed by atoms with Gasteiger partial charge in [-0.15, -0.1) is 0 Å². The van der Waals surface area contributed by atoms with Gasteiger partial charge in [-0.2, -0.15) is 5.26 Å². The second kappa shape index (κ2) is 9.33. The van der Waals surface area contributed by atoms with Crippen molar-refractivity contribution in [2.24, 2.45) is 0 Å². The van der Waals surface area contributed by atoms with Gasteiger partial charge in [0.25, 0.3) is 11.6 Å². The Hall–Kier alpha value is -4.15. The fourth-order valence-corrected chi connectivity index (χ4v) is 4.80. The highest BCUT2D eigenvalue weighted by molar-refractivity contribution is 7.93. The molecule has 0 atom stereocenters. The zero-order chi connectivity index (χ0) is 23.3. The van der Waals surface area contributed by atoms with Crippen molar-refractivity contribution in [3.8, 4) is 6.07 Å². The highest BCUT2D eigenvalue weighted by Gasteiger charge is 2.22. The summed E-state index contributed by atoms with van der Waals surface area (Å²) in [6.07, 6.45) is 1.04. The summed E-state index contributed by atoms with van der Waals surface area (Å²) in [6, 6.07) is 11.9. The van der Waals surface area contributed by atoms with Crippen LogP contribution < -0.4 is 5.32 Å². The van der Waals surface area contributed by atoms with Crippen LogP contribution in [0, 0.1) is 21.4 Å². The lowest BCUT2D eigenvalue weighted by atomic mass is 10.1. The maximum Gasteiger partial charge on any atom is 0.338 e. The van der Waals surface area contributed by atoms with Crippen LogP contribution in [-0.4, -0.2) is 36.8 Å². The molecule has 1 aromatic heterocycles. The Bertz CT molecular complexity index is 1330. The van der Waals surface area contributed by atoms with E-state index in [4.69, 9.17) is 10.00 Å². The topological polar surface area (TPSA) is 169 Å². The minimum absolute atomic E-state index is 0.0371. The van der Waals surface area contributed by atoms with Crippen LogP contribution in [0.15, 0.2) is 63.8 Å². The number of ether oxygens (including phenoxy) is 1. The summed E-state index contributed by atoms with van der Waals surface area (Å²) in [5.41, 5.74) is 0.266. The number of rotatable bonds is 7. The number of thiazole rings is 1. The van der Waals surface area contributed by atoms with Gasteiger partial charge >= 0.3 is 5.97 Å². The number of nitriles is 1. The molecule has 0 aliphatic carbocycles. The second-order valence-electron chi connectivity index (χ2n) is 6.05. The Balaban J connectivity index is 1.61. The first-order valence-electron chi connectivity index (χ1n) is 8.63. The molecule has 32 heavy (non-hydrogen) atoms. The van der Waals surface area contributed by atoms with E-state index in [2.05, 4.69) is 10.3 Å². The number of nitro groups is 1. The summed E-state index contributed by atoms with van der Waals surface area (Å²) >= 11 is 0.672. The summed E-state index contributed by atoms with van der Waals surface area (Å²) in [6.45, 7) is -0.636. The Morgan fingerprint density at radius 3 is 2.41 bits per heavy atom. The number of amides is 1. The molecule has 0 saturated carbocycles. The lowest BCUT2D eigenvalue weighted by Crippen LogP contribution is -2.20. The first-order chi connectivity index (χ1) is 15.2. The minimum Gasteiger partial charge on any atom is -0.452 e. The summed E-state index contributed by atoms with van der Waals surface area (Å²) in [4.78, 5) is 37.7. The van der Waals surface area contributed by atoms with E-state index in [-0.39, 0.29) is 25.5 Å². The molecule has 2 aromatic carbocycles. The van der Waals surface area contributed by atoms with E-state index in [1.807, 2.05) is 6.07 Å². The molecule has 1 N–H and O–H groups in total. The Morgan fingerprint density at radius 1 is 1.16 bits per heavy atom. The average molecular weight is 472 g/mol. The number of nitrogens with zero attached hydrogens (tertiary/aromatic N) is 3. The van der Waals surface area contributed by atoms with E-state index in [0.29, 0.717) is 16.9 Å². The third-order valence-corrected chi connectivity index (χ3v) is 7.08. The van der Waals surface area contributed by atoms with Gasteiger partial charge in [0.1, 0.15) is 4.21 Å². The number of sulfone groups is 1. The zero-order valence-corrected chi connectivity index (χ0v) is 17.6. The predicted molar refractivity (Wildman–Crippen MR) is 111 cm³/mol. The number of carbonyl (C=O) groups is 2. The summed E-state index contributed by atoms with van der Waals surface area (Å²) < 4.78 is 30.0. The van der Waals surface area contributed by atoms with Crippen LogP contribution in [0.3, 0.4) is 0 Å². The fourth-order valence-electron chi connectivity index (χ4n) is 2.36. The Morgan fingerprint density at radius 2 is 1.81 bits per heavy atom. The van der Waals surface area contributed by atoms with Crippen LogP contribution >= 0.6 is 11.3 Å². The van der Waals surface area contributed by atoms with Crippen LogP contribution in [-0.2, 0) is 19.4 Å². The number of aromatic nitrogens is 1. The van der Waals surface area contributed by atoms with Crippen LogP contribution in [0.4, 0.5) is 10.8 Å². The number of carbonyl (C=O) groups excluding carboxylic acids is 2. The van der Waals surface area contributed by atoms with Gasteiger partial charge in [0.05, 0.1) is 33.2 Å². The standard InChI is InChI=1S/C19H12N4O7S2/c20-9-12-1-3-13(4-2-12)18(25)30-11-16(24)22-19-21-10-17(31-19)32(28,29)15-7-5-14(6-8-15)23(26)27/h1-8,10H,11H2,(H,21,22,24). The van der Waals surface area contributed by atoms with Crippen LogP contribution in [0.25, 0.3) is 0 Å². The van der Waals surface area contributed by atoms with E-state index in [1.54, 1.807) is 0 Å². The fraction of sp³-hybridized carbons (Fsp3) is 0.0526. The maximum absolute atomic E-state index is 12.6. The van der Waals surface area contributed by atoms with E-state index >= 15 is 0 Å². The Kier molecular flexibility index (Phi) is 6.57. The van der Waals surface area contributed by atoms with Crippen molar-refractivity contribution in [3.63, 3.8) is 0 Å². The van der Waals surface area contributed by atoms with Gasteiger partial charge in [0.2, 0.25) is 9.84 Å². The highest BCUT2D eigenvalue weighted by Crippen LogP contribution is 2.29. The van der Waals surface area contributed by atoms with Gasteiger partial charge in [-0.05, 0) is 36.4 Å². The van der Waals surface area contributed by atoms with Crippen molar-refractivity contribution >= 4 is 43.9 Å². The average Bonchev–Trinajstić information content (AvgIpc) is 3.27. The van der Waals surface area contributed by atoms with Crippen molar-refractivity contribution in [3.05, 3.63) is 76.0 Å². The maximum atomic E-state index is 12.6. The number of esters is 1. The van der Waals surface area contributed by atoms with E-state index in [0.717, 1.165) is 30.5 Å². The lowest BCUT2D eigenvalue weighted by Gasteiger charge is -2.04. The molecular weight excluding hydrogens is 460 g/mol. The number of benzene rings is 2. The van der Waals surface area contributed by atoms with Crippen LogP contribution in [0.1, 0.15) is 15.9 Å². The number of non-ortho nitro benzene ring substituents is 1. The van der Waals surface area contributed by atoms with Crippen molar-refractivity contribution in [1.29, 1.82) is 5.26 Å². The molecule has 3 aromatic rings. The van der Waals surface area contributed by atoms with Gasteiger partial charge in [0, 0.05) is 12.1 Å². The third kappa shape index (κ3) is 5.12. The number of anilines is 1. The number of hydrogen-bond acceptors (Lipinski definition) is 10. The van der Waals surface area contributed by atoms with Crippen molar-refractivity contribution in [2.75, 3.05) is 11.9 Å². The van der Waals surface area contributed by atoms with E-state index in [1.165, 1.54) is 24.3 Å². The molecule has 11 nitrogen and oxygen atoms in total. The molecule has 0 aliphatic rings. The van der Waals surface area contributed by atoms with Crippen molar-refractivity contribution < 1.29 is 27.7 Å². The van der Waals surface area contributed by atoms with Crippen LogP contribution in [0.2, 0.25) is 0 Å². The normalized spacial score (nSPS) is 10.7. The molecule has 3 rings (SSSR count). The van der Waals surface area contributed by atoms with Crippen LogP contribution in [0.5, 0.6) is 0 Å². The molecule has 13 heteroatoms. The SMILES string of the molecule is N#Cc1ccc(C(=O)OCC(=O)Nc2ncc(S(=O)(=O)c3ccc([N+](=O)[O-])cc3)s2)cc1. The first kappa shape index (κ1) is 22.5. The monoisotopic (exact) mass is 472 g/mol. The molecule has 0 unspecified atom stereocenters. The van der Waals surface area contributed by atoms with E-state index < -0.39 is 33.2 Å². The van der Waals surface area contributed by atoms with Gasteiger partial charge < -0.3 is 4.74 Å². The van der Waals surface area contributed by atoms with Gasteiger partial charge in [-0.3, -0.25) is 20.2 Å². The van der Waals surface area contributed by atoms with Gasteiger partial charge in [-0.1, -0.05) is 11.3 Å². The number of nitro benzene ring substituents is 1. The quantitative estimate of drug-likeness (QED) is 0.308. The number of hydrogen-bond donors (Lipinski definition) is 1. The molecule has 0 spiro atoms. The molecule has 1 heterocycles. The Labute approximate surface area is 185 Å². The summed E-state index contributed by atoms with van der Waals surface area (Å²) in [7, 11) is -3.99. The first-order valence-corrected chi connectivity index (χ1v) is 10.9. The minimum atomic E-state index is -3.99. The molecule has 0 bridgehead atoms. The lowest BCUT2D eigenvalue weighted by molar-refractivity contribution is -0.384. The zero-order valence-electron chi connectivity index (χ0n) is 15.9. The van der Waals surface area contributed by atoms with Crippen molar-refractivity contribution in [2.45, 2.75) is 9.10 Å². The molecule has 162 valence electrons. The second-order valence-corrected chi connectivity index (χ2v) is 9.26. The third-order valence-electron chi connectivity index (χ3n) is 3.94. The predicted octanol–water partition coefficient (Wildman–Crippen LogP) is 2.55. The summed E-state index contributed by atoms with van der Waals surface area (Å²) in [5, 5.41) is 21.7. The van der Waals surface area contributed by atoms with E-state index in [9.17, 15) is 28.1 Å². The molecular formula is C19H12N4O7S2.